The molecule has 2 aliphatic rings. The minimum absolute atomic E-state index is 0.0387. The zero-order valence-corrected chi connectivity index (χ0v) is 21.7. The van der Waals surface area contributed by atoms with Crippen LogP contribution in [0.1, 0.15) is 69.9 Å². The molecule has 0 saturated heterocycles. The van der Waals surface area contributed by atoms with E-state index in [9.17, 15) is 18.0 Å². The smallest absolute Gasteiger partial charge is 0.225 e. The summed E-state index contributed by atoms with van der Waals surface area (Å²) < 4.78 is 26.3. The molecule has 0 radical (unpaired) electrons. The van der Waals surface area contributed by atoms with Gasteiger partial charge in [0.05, 0.1) is 24.8 Å². The van der Waals surface area contributed by atoms with Crippen molar-refractivity contribution in [1.29, 1.82) is 0 Å². The lowest BCUT2D eigenvalue weighted by atomic mass is 9.84. The molecule has 1 heterocycles. The molecular weight excluding hydrogens is 450 g/mol. The van der Waals surface area contributed by atoms with Crippen molar-refractivity contribution in [2.75, 3.05) is 19.3 Å². The second-order valence-corrected chi connectivity index (χ2v) is 12.2. The molecule has 8 heteroatoms. The van der Waals surface area contributed by atoms with Crippen molar-refractivity contribution in [3.05, 3.63) is 35.4 Å². The predicted octanol–water partition coefficient (Wildman–Crippen LogP) is 3.03. The summed E-state index contributed by atoms with van der Waals surface area (Å²) in [4.78, 5) is 28.9. The topological polar surface area (TPSA) is 95.6 Å². The summed E-state index contributed by atoms with van der Waals surface area (Å²) in [6.07, 6.45) is 7.65. The zero-order chi connectivity index (χ0) is 24.7. The summed E-state index contributed by atoms with van der Waals surface area (Å²) in [5, 5.41) is 3.03. The van der Waals surface area contributed by atoms with E-state index in [1.165, 1.54) is 11.1 Å². The van der Waals surface area contributed by atoms with Gasteiger partial charge in [-0.3, -0.25) is 14.5 Å². The first-order chi connectivity index (χ1) is 16.1. The van der Waals surface area contributed by atoms with Gasteiger partial charge in [0.15, 0.2) is 5.78 Å². The van der Waals surface area contributed by atoms with E-state index in [1.807, 2.05) is 6.07 Å². The molecular formula is C26H41N3O4S. The summed E-state index contributed by atoms with van der Waals surface area (Å²) in [5.74, 6) is -0.185. The van der Waals surface area contributed by atoms with Crippen molar-refractivity contribution in [3.8, 4) is 0 Å². The highest BCUT2D eigenvalue weighted by Gasteiger charge is 2.35. The molecule has 1 amide bonds. The molecule has 1 aliphatic carbocycles. The van der Waals surface area contributed by atoms with E-state index < -0.39 is 28.0 Å². The molecule has 0 aromatic heterocycles. The van der Waals surface area contributed by atoms with E-state index in [-0.39, 0.29) is 11.7 Å². The molecule has 1 aliphatic heterocycles. The Labute approximate surface area is 205 Å². The van der Waals surface area contributed by atoms with Gasteiger partial charge >= 0.3 is 0 Å². The summed E-state index contributed by atoms with van der Waals surface area (Å²) in [6.45, 7) is 6.14. The number of carbonyl (C=O) groups is 2. The third kappa shape index (κ3) is 8.17. The fourth-order valence-corrected chi connectivity index (χ4v) is 6.02. The Kier molecular flexibility index (Phi) is 9.68. The second-order valence-electron chi connectivity index (χ2n) is 10.5. The number of carbonyl (C=O) groups excluding carboxylic acids is 2. The van der Waals surface area contributed by atoms with Gasteiger partial charge in [-0.2, -0.15) is 0 Å². The number of benzene rings is 1. The number of nitrogens with zero attached hydrogens (tertiary/aromatic N) is 1. The maximum absolute atomic E-state index is 13.4. The Bertz CT molecular complexity index is 947. The monoisotopic (exact) mass is 491 g/mol. The van der Waals surface area contributed by atoms with Crippen LogP contribution in [0.5, 0.6) is 0 Å². The van der Waals surface area contributed by atoms with Gasteiger partial charge in [0.25, 0.3) is 0 Å². The molecule has 34 heavy (non-hydrogen) atoms. The van der Waals surface area contributed by atoms with Crippen molar-refractivity contribution in [2.45, 2.75) is 83.8 Å². The first-order valence-electron chi connectivity index (χ1n) is 12.7. The van der Waals surface area contributed by atoms with Gasteiger partial charge in [0, 0.05) is 12.6 Å². The number of hydrogen-bond donors (Lipinski definition) is 2. The lowest BCUT2D eigenvalue weighted by molar-refractivity contribution is -0.132. The summed E-state index contributed by atoms with van der Waals surface area (Å²) in [6, 6.07) is 7.45. The fraction of sp³-hybridized carbons (Fsp3) is 0.692. The Morgan fingerprint density at radius 2 is 1.76 bits per heavy atom. The van der Waals surface area contributed by atoms with Gasteiger partial charge in [0.1, 0.15) is 0 Å². The van der Waals surface area contributed by atoms with E-state index in [1.54, 1.807) is 0 Å². The van der Waals surface area contributed by atoms with Crippen LogP contribution in [0.3, 0.4) is 0 Å². The normalized spacial score (nSPS) is 22.6. The van der Waals surface area contributed by atoms with E-state index in [2.05, 4.69) is 47.0 Å². The molecule has 3 atom stereocenters. The first-order valence-corrected chi connectivity index (χ1v) is 14.6. The van der Waals surface area contributed by atoms with Crippen molar-refractivity contribution < 1.29 is 18.0 Å². The van der Waals surface area contributed by atoms with E-state index in [0.717, 1.165) is 51.4 Å². The number of sulfonamides is 1. The highest BCUT2D eigenvalue weighted by molar-refractivity contribution is 7.88. The molecule has 0 bridgehead atoms. The van der Waals surface area contributed by atoms with Crippen LogP contribution in [0.4, 0.5) is 0 Å². The van der Waals surface area contributed by atoms with Crippen LogP contribution in [0.2, 0.25) is 0 Å². The second kappa shape index (κ2) is 12.3. The van der Waals surface area contributed by atoms with Gasteiger partial charge in [-0.15, -0.1) is 0 Å². The fourth-order valence-electron chi connectivity index (χ4n) is 5.19. The maximum Gasteiger partial charge on any atom is 0.225 e. The molecule has 1 aromatic carbocycles. The molecule has 7 nitrogen and oxygen atoms in total. The zero-order valence-electron chi connectivity index (χ0n) is 20.9. The highest BCUT2D eigenvalue weighted by Crippen LogP contribution is 2.26. The van der Waals surface area contributed by atoms with Crippen LogP contribution < -0.4 is 10.0 Å². The lowest BCUT2D eigenvalue weighted by Crippen LogP contribution is -2.52. The van der Waals surface area contributed by atoms with Crippen LogP contribution in [-0.2, 0) is 32.6 Å². The van der Waals surface area contributed by atoms with Crippen molar-refractivity contribution in [1.82, 2.24) is 14.9 Å². The van der Waals surface area contributed by atoms with Crippen LogP contribution >= 0.6 is 0 Å². The Morgan fingerprint density at radius 1 is 1.06 bits per heavy atom. The van der Waals surface area contributed by atoms with E-state index in [4.69, 9.17) is 0 Å². The van der Waals surface area contributed by atoms with Gasteiger partial charge in [0.2, 0.25) is 15.9 Å². The predicted molar refractivity (Wildman–Crippen MR) is 135 cm³/mol. The van der Waals surface area contributed by atoms with Crippen LogP contribution in [0.25, 0.3) is 0 Å². The Hall–Kier alpha value is -1.77. The van der Waals surface area contributed by atoms with Crippen LogP contribution in [-0.4, -0.2) is 56.4 Å². The third-order valence-corrected chi connectivity index (χ3v) is 7.75. The van der Waals surface area contributed by atoms with Crippen molar-refractivity contribution in [3.63, 3.8) is 0 Å². The quantitative estimate of drug-likeness (QED) is 0.525. The number of Topliss-reactive ketones (excluding diaryl/α,β-unsaturated/α-hetero) is 1. The van der Waals surface area contributed by atoms with Crippen LogP contribution in [0, 0.1) is 11.8 Å². The lowest BCUT2D eigenvalue weighted by Gasteiger charge is -2.32. The maximum atomic E-state index is 13.4. The van der Waals surface area contributed by atoms with Gasteiger partial charge in [-0.1, -0.05) is 51.0 Å². The van der Waals surface area contributed by atoms with E-state index >= 15 is 0 Å². The number of rotatable bonds is 10. The van der Waals surface area contributed by atoms with Crippen molar-refractivity contribution in [2.24, 2.45) is 11.8 Å². The third-order valence-electron chi connectivity index (χ3n) is 7.02. The van der Waals surface area contributed by atoms with Gasteiger partial charge < -0.3 is 5.32 Å². The minimum atomic E-state index is -3.41. The average molecular weight is 492 g/mol. The molecule has 0 unspecified atom stereocenters. The molecule has 3 rings (SSSR count). The Balaban J connectivity index is 1.68. The largest absolute Gasteiger partial charge is 0.346 e. The number of aryl methyl sites for hydroxylation is 1. The molecule has 0 spiro atoms. The number of nitrogens with one attached hydrogen (secondary N) is 2. The van der Waals surface area contributed by atoms with Crippen molar-refractivity contribution >= 4 is 21.7 Å². The summed E-state index contributed by atoms with van der Waals surface area (Å²) in [7, 11) is -3.41. The van der Waals surface area contributed by atoms with Crippen LogP contribution in [0.15, 0.2) is 24.3 Å². The van der Waals surface area contributed by atoms with Gasteiger partial charge in [-0.05, 0) is 62.1 Å². The van der Waals surface area contributed by atoms with Gasteiger partial charge in [-0.25, -0.2) is 13.1 Å². The summed E-state index contributed by atoms with van der Waals surface area (Å²) >= 11 is 0. The van der Waals surface area contributed by atoms with E-state index in [0.29, 0.717) is 31.7 Å². The minimum Gasteiger partial charge on any atom is -0.346 e. The molecule has 1 aromatic rings. The molecule has 1 saturated carbocycles. The average Bonchev–Trinajstić information content (AvgIpc) is 2.97. The summed E-state index contributed by atoms with van der Waals surface area (Å²) in [5.41, 5.74) is 2.62. The first kappa shape index (κ1) is 26.8. The Morgan fingerprint density at radius 3 is 2.47 bits per heavy atom. The SMILES string of the molecule is CC(C)CC[C@H](NC(=O)[C@@H]1CCCC[C@@H]1NS(C)(=O)=O)C(=O)CN1CCCc2ccccc2C1. The number of ketones is 1. The molecule has 1 fully saturated rings. The molecule has 2 N–H and O–H groups in total. The molecule has 190 valence electrons. The number of amides is 1. The number of hydrogen-bond acceptors (Lipinski definition) is 5. The standard InChI is InChI=1S/C26H41N3O4S/c1-19(2)14-15-24(27-26(31)22-12-6-7-13-23(22)28-34(3,32)33)25(30)18-29-16-8-11-20-9-4-5-10-21(20)17-29/h4-5,9-10,19,22-24,28H,6-8,11-18H2,1-3H3,(H,27,31)/t22-,23+,24+/m1/s1. The highest BCUT2D eigenvalue weighted by atomic mass is 32.2. The number of fused-ring (bicyclic) bond motifs is 1.